The van der Waals surface area contributed by atoms with E-state index >= 15 is 0 Å². The van der Waals surface area contributed by atoms with Crippen LogP contribution in [0.2, 0.25) is 0 Å². The van der Waals surface area contributed by atoms with Gasteiger partial charge in [0.1, 0.15) is 0 Å². The number of nitrogens with zero attached hydrogens (tertiary/aromatic N) is 3. The van der Waals surface area contributed by atoms with Gasteiger partial charge in [-0.2, -0.15) is 18.3 Å². The average molecular weight is 456 g/mol. The summed E-state index contributed by atoms with van der Waals surface area (Å²) >= 11 is 0. The Bertz CT molecular complexity index is 1120. The summed E-state index contributed by atoms with van der Waals surface area (Å²) in [7, 11) is 0. The number of anilines is 1. The second-order valence-electron chi connectivity index (χ2n) is 8.52. The van der Waals surface area contributed by atoms with E-state index < -0.39 is 17.3 Å². The number of urea groups is 1. The molecule has 5 rings (SSSR count). The molecule has 0 unspecified atom stereocenters. The highest BCUT2D eigenvalue weighted by atomic mass is 19.4. The standard InChI is InChI=1S/C24H23F3N4O2/c25-24(26,27)20-3-1-2-17(12-20)15-31-22(32)30(16-23(31)8-10-33-11-9-23)21-6-4-18(5-7-21)19-13-28-29-14-19/h1-7,12-14H,8-11,15-16H2,(H,28,29). The highest BCUT2D eigenvalue weighted by molar-refractivity contribution is 5.95. The van der Waals surface area contributed by atoms with Gasteiger partial charge in [-0.1, -0.05) is 24.3 Å². The molecule has 2 amide bonds. The zero-order chi connectivity index (χ0) is 23.1. The van der Waals surface area contributed by atoms with Gasteiger partial charge in [0.2, 0.25) is 0 Å². The van der Waals surface area contributed by atoms with E-state index in [2.05, 4.69) is 10.2 Å². The monoisotopic (exact) mass is 456 g/mol. The molecule has 0 atom stereocenters. The van der Waals surface area contributed by atoms with Crippen molar-refractivity contribution in [3.8, 4) is 11.1 Å². The van der Waals surface area contributed by atoms with Crippen LogP contribution in [0.15, 0.2) is 60.9 Å². The van der Waals surface area contributed by atoms with Gasteiger partial charge < -0.3 is 9.64 Å². The molecule has 3 aromatic rings. The minimum Gasteiger partial charge on any atom is -0.381 e. The van der Waals surface area contributed by atoms with E-state index in [1.165, 1.54) is 6.07 Å². The highest BCUT2D eigenvalue weighted by Crippen LogP contribution is 2.39. The number of H-pyrrole nitrogens is 1. The van der Waals surface area contributed by atoms with E-state index in [1.54, 1.807) is 28.3 Å². The van der Waals surface area contributed by atoms with Crippen LogP contribution in [0, 0.1) is 0 Å². The number of hydrogen-bond acceptors (Lipinski definition) is 3. The largest absolute Gasteiger partial charge is 0.416 e. The Hall–Kier alpha value is -3.33. The lowest BCUT2D eigenvalue weighted by Crippen LogP contribution is -2.50. The molecule has 2 fully saturated rings. The van der Waals surface area contributed by atoms with Gasteiger partial charge in [0.05, 0.1) is 23.8 Å². The summed E-state index contributed by atoms with van der Waals surface area (Å²) in [5.74, 6) is 0. The molecule has 2 aliphatic rings. The Labute approximate surface area is 189 Å². The maximum absolute atomic E-state index is 13.6. The summed E-state index contributed by atoms with van der Waals surface area (Å²) in [4.78, 5) is 17.0. The number of halogens is 3. The second kappa shape index (κ2) is 8.22. The molecule has 2 aromatic carbocycles. The van der Waals surface area contributed by atoms with Crippen molar-refractivity contribution in [1.82, 2.24) is 15.1 Å². The molecule has 9 heteroatoms. The molecule has 172 valence electrons. The van der Waals surface area contributed by atoms with Crippen molar-refractivity contribution in [3.05, 3.63) is 72.1 Å². The minimum absolute atomic E-state index is 0.117. The van der Waals surface area contributed by atoms with Crippen LogP contribution in [0.4, 0.5) is 23.7 Å². The van der Waals surface area contributed by atoms with E-state index in [9.17, 15) is 18.0 Å². The van der Waals surface area contributed by atoms with E-state index in [1.807, 2.05) is 24.3 Å². The number of nitrogens with one attached hydrogen (secondary N) is 1. The first-order chi connectivity index (χ1) is 15.9. The molecular weight excluding hydrogens is 433 g/mol. The fourth-order valence-corrected chi connectivity index (χ4v) is 4.68. The van der Waals surface area contributed by atoms with Gasteiger partial charge >= 0.3 is 12.2 Å². The van der Waals surface area contributed by atoms with E-state index in [4.69, 9.17) is 4.74 Å². The first-order valence-corrected chi connectivity index (χ1v) is 10.8. The highest BCUT2D eigenvalue weighted by Gasteiger charge is 2.50. The number of benzene rings is 2. The number of carbonyl (C=O) groups is 1. The van der Waals surface area contributed by atoms with Crippen LogP contribution in [-0.2, 0) is 17.5 Å². The van der Waals surface area contributed by atoms with Gasteiger partial charge in [0, 0.05) is 37.2 Å². The molecule has 1 aromatic heterocycles. The van der Waals surface area contributed by atoms with E-state index in [0.717, 1.165) is 28.9 Å². The molecule has 6 nitrogen and oxygen atoms in total. The van der Waals surface area contributed by atoms with Gasteiger partial charge in [-0.05, 0) is 48.2 Å². The maximum atomic E-state index is 13.6. The summed E-state index contributed by atoms with van der Waals surface area (Å²) in [6.07, 6.45) is 0.375. The van der Waals surface area contributed by atoms with Crippen molar-refractivity contribution in [1.29, 1.82) is 0 Å². The number of aromatic nitrogens is 2. The fraction of sp³-hybridized carbons (Fsp3) is 0.333. The zero-order valence-electron chi connectivity index (χ0n) is 17.8. The third kappa shape index (κ3) is 4.08. The van der Waals surface area contributed by atoms with Crippen LogP contribution < -0.4 is 4.90 Å². The SMILES string of the molecule is O=C1N(c2ccc(-c3cn[nH]c3)cc2)CC2(CCOCC2)N1Cc1cccc(C(F)(F)F)c1. The second-order valence-corrected chi connectivity index (χ2v) is 8.52. The van der Waals surface area contributed by atoms with Gasteiger partial charge in [0.15, 0.2) is 0 Å². The quantitative estimate of drug-likeness (QED) is 0.595. The zero-order valence-corrected chi connectivity index (χ0v) is 17.8. The van der Waals surface area contributed by atoms with Crippen molar-refractivity contribution in [2.75, 3.05) is 24.7 Å². The molecule has 0 radical (unpaired) electrons. The van der Waals surface area contributed by atoms with Crippen LogP contribution in [0.1, 0.15) is 24.0 Å². The smallest absolute Gasteiger partial charge is 0.381 e. The first-order valence-electron chi connectivity index (χ1n) is 10.8. The van der Waals surface area contributed by atoms with Crippen molar-refractivity contribution < 1.29 is 22.7 Å². The Balaban J connectivity index is 1.44. The summed E-state index contributed by atoms with van der Waals surface area (Å²) in [6.45, 7) is 1.62. The Morgan fingerprint density at radius 2 is 1.82 bits per heavy atom. The molecule has 0 bridgehead atoms. The number of amides is 2. The number of ether oxygens (including phenoxy) is 1. The number of rotatable bonds is 4. The Morgan fingerprint density at radius 1 is 1.06 bits per heavy atom. The van der Waals surface area contributed by atoms with Crippen LogP contribution in [-0.4, -0.2) is 46.4 Å². The first kappa shape index (κ1) is 21.5. The molecule has 0 saturated carbocycles. The van der Waals surface area contributed by atoms with Crippen molar-refractivity contribution >= 4 is 11.7 Å². The number of aromatic amines is 1. The molecule has 33 heavy (non-hydrogen) atoms. The molecular formula is C24H23F3N4O2. The summed E-state index contributed by atoms with van der Waals surface area (Å²) in [6, 6.07) is 12.6. The normalized spacial score (nSPS) is 18.3. The Morgan fingerprint density at radius 3 is 2.48 bits per heavy atom. The van der Waals surface area contributed by atoms with Crippen LogP contribution in [0.3, 0.4) is 0 Å². The van der Waals surface area contributed by atoms with Gasteiger partial charge in [-0.15, -0.1) is 0 Å². The van der Waals surface area contributed by atoms with Crippen molar-refractivity contribution in [2.45, 2.75) is 31.1 Å². The fourth-order valence-electron chi connectivity index (χ4n) is 4.68. The molecule has 1 N–H and O–H groups in total. The molecule has 1 spiro atoms. The number of alkyl halides is 3. The van der Waals surface area contributed by atoms with E-state index in [-0.39, 0.29) is 12.6 Å². The molecule has 3 heterocycles. The number of hydrogen-bond donors (Lipinski definition) is 1. The molecule has 0 aliphatic carbocycles. The lowest BCUT2D eigenvalue weighted by Gasteiger charge is -2.40. The maximum Gasteiger partial charge on any atom is 0.416 e. The van der Waals surface area contributed by atoms with Gasteiger partial charge in [-0.25, -0.2) is 4.79 Å². The van der Waals surface area contributed by atoms with Crippen LogP contribution in [0.25, 0.3) is 11.1 Å². The minimum atomic E-state index is -4.43. The predicted molar refractivity (Wildman–Crippen MR) is 117 cm³/mol. The number of carbonyl (C=O) groups excluding carboxylic acids is 1. The lowest BCUT2D eigenvalue weighted by molar-refractivity contribution is -0.137. The topological polar surface area (TPSA) is 61.5 Å². The predicted octanol–water partition coefficient (Wildman–Crippen LogP) is 5.09. The Kier molecular flexibility index (Phi) is 5.36. The van der Waals surface area contributed by atoms with Gasteiger partial charge in [-0.3, -0.25) is 10.00 Å². The molecule has 2 aliphatic heterocycles. The third-order valence-electron chi connectivity index (χ3n) is 6.52. The molecule has 2 saturated heterocycles. The van der Waals surface area contributed by atoms with Crippen LogP contribution >= 0.6 is 0 Å². The van der Waals surface area contributed by atoms with Crippen LogP contribution in [0.5, 0.6) is 0 Å². The lowest BCUT2D eigenvalue weighted by atomic mass is 9.88. The summed E-state index contributed by atoms with van der Waals surface area (Å²) in [5.41, 5.74) is 1.94. The van der Waals surface area contributed by atoms with Crippen molar-refractivity contribution in [3.63, 3.8) is 0 Å². The third-order valence-corrected chi connectivity index (χ3v) is 6.52. The van der Waals surface area contributed by atoms with Crippen molar-refractivity contribution in [2.24, 2.45) is 0 Å². The summed E-state index contributed by atoms with van der Waals surface area (Å²) < 4.78 is 45.2. The van der Waals surface area contributed by atoms with E-state index in [0.29, 0.717) is 38.2 Å². The average Bonchev–Trinajstić information content (AvgIpc) is 3.43. The summed E-state index contributed by atoms with van der Waals surface area (Å²) in [5, 5.41) is 6.74. The van der Waals surface area contributed by atoms with Gasteiger partial charge in [0.25, 0.3) is 0 Å².